The van der Waals surface area contributed by atoms with E-state index >= 15 is 0 Å². The molecule has 0 amide bonds. The fraction of sp³-hybridized carbons (Fsp3) is 0.0714. The second-order valence-electron chi connectivity index (χ2n) is 4.19. The highest BCUT2D eigenvalue weighted by Crippen LogP contribution is 2.39. The van der Waals surface area contributed by atoms with E-state index in [0.717, 1.165) is 21.3 Å². The summed E-state index contributed by atoms with van der Waals surface area (Å²) in [6.07, 6.45) is 1.63. The Hall–Kier alpha value is -2.01. The second-order valence-corrected chi connectivity index (χ2v) is 5.04. The molecule has 0 atom stereocenters. The van der Waals surface area contributed by atoms with Crippen molar-refractivity contribution >= 4 is 21.7 Å². The first-order valence-electron chi connectivity index (χ1n) is 5.79. The lowest BCUT2D eigenvalue weighted by Gasteiger charge is -2.05. The molecule has 0 bridgehead atoms. The summed E-state index contributed by atoms with van der Waals surface area (Å²) in [6.45, 7) is 0. The Morgan fingerprint density at radius 1 is 1.21 bits per heavy atom. The Kier molecular flexibility index (Phi) is 2.91. The van der Waals surface area contributed by atoms with Gasteiger partial charge in [0.1, 0.15) is 11.5 Å². The summed E-state index contributed by atoms with van der Waals surface area (Å²) in [4.78, 5) is 0. The number of aromatic nitrogens is 2. The van der Waals surface area contributed by atoms with E-state index in [1.54, 1.807) is 10.9 Å². The lowest BCUT2D eigenvalue weighted by atomic mass is 10.0. The van der Waals surface area contributed by atoms with Crippen molar-refractivity contribution in [3.05, 3.63) is 47.1 Å². The van der Waals surface area contributed by atoms with Crippen LogP contribution >= 0.6 is 15.9 Å². The summed E-state index contributed by atoms with van der Waals surface area (Å²) in [5.41, 5.74) is 8.77. The number of hydrogen-bond donors (Lipinski definition) is 1. The highest BCUT2D eigenvalue weighted by molar-refractivity contribution is 9.10. The molecule has 1 aromatic carbocycles. The van der Waals surface area contributed by atoms with Gasteiger partial charge in [0.25, 0.3) is 0 Å². The van der Waals surface area contributed by atoms with Crippen LogP contribution < -0.4 is 5.73 Å². The molecule has 3 aromatic rings. The van der Waals surface area contributed by atoms with Gasteiger partial charge in [-0.3, -0.25) is 4.68 Å². The third-order valence-electron chi connectivity index (χ3n) is 2.99. The van der Waals surface area contributed by atoms with Gasteiger partial charge in [0, 0.05) is 17.1 Å². The van der Waals surface area contributed by atoms with Gasteiger partial charge in [-0.2, -0.15) is 5.10 Å². The van der Waals surface area contributed by atoms with E-state index in [2.05, 4.69) is 21.0 Å². The van der Waals surface area contributed by atoms with Crippen molar-refractivity contribution in [1.29, 1.82) is 0 Å². The maximum atomic E-state index is 6.15. The molecule has 2 heterocycles. The number of nitrogens with two attached hydrogens (primary N) is 1. The molecule has 19 heavy (non-hydrogen) atoms. The average molecular weight is 318 g/mol. The highest BCUT2D eigenvalue weighted by Gasteiger charge is 2.20. The zero-order chi connectivity index (χ0) is 13.4. The van der Waals surface area contributed by atoms with Gasteiger partial charge < -0.3 is 10.2 Å². The monoisotopic (exact) mass is 317 g/mol. The van der Waals surface area contributed by atoms with Crippen LogP contribution in [-0.2, 0) is 7.05 Å². The van der Waals surface area contributed by atoms with E-state index in [9.17, 15) is 0 Å². The predicted octanol–water partition coefficient (Wildman–Crippen LogP) is 3.69. The molecule has 5 heteroatoms. The lowest BCUT2D eigenvalue weighted by Crippen LogP contribution is -1.98. The molecule has 2 aromatic heterocycles. The predicted molar refractivity (Wildman–Crippen MR) is 78.5 cm³/mol. The Bertz CT molecular complexity index is 716. The molecule has 0 radical (unpaired) electrons. The van der Waals surface area contributed by atoms with Gasteiger partial charge in [0.05, 0.1) is 11.8 Å². The molecule has 0 aliphatic rings. The van der Waals surface area contributed by atoms with Crippen molar-refractivity contribution in [1.82, 2.24) is 9.78 Å². The van der Waals surface area contributed by atoms with Crippen LogP contribution in [0.4, 0.5) is 5.82 Å². The Labute approximate surface area is 119 Å². The van der Waals surface area contributed by atoms with Crippen LogP contribution in [0.3, 0.4) is 0 Å². The van der Waals surface area contributed by atoms with E-state index in [-0.39, 0.29) is 0 Å². The second kappa shape index (κ2) is 4.59. The number of benzene rings is 1. The molecule has 0 unspecified atom stereocenters. The third-order valence-corrected chi connectivity index (χ3v) is 3.68. The first kappa shape index (κ1) is 12.0. The lowest BCUT2D eigenvalue weighted by molar-refractivity contribution is 0.578. The van der Waals surface area contributed by atoms with Crippen molar-refractivity contribution in [2.75, 3.05) is 5.73 Å². The molecular formula is C14H12BrN3O. The van der Waals surface area contributed by atoms with Crippen molar-refractivity contribution in [2.45, 2.75) is 0 Å². The summed E-state index contributed by atoms with van der Waals surface area (Å²) in [6, 6.07) is 11.6. The van der Waals surface area contributed by atoms with Crippen LogP contribution in [0.15, 0.2) is 51.6 Å². The minimum Gasteiger partial charge on any atom is -0.463 e. The number of aryl methyl sites for hydroxylation is 1. The summed E-state index contributed by atoms with van der Waals surface area (Å²) in [5, 5.41) is 4.45. The molecule has 0 saturated carbocycles. The van der Waals surface area contributed by atoms with Crippen molar-refractivity contribution in [3.8, 4) is 22.6 Å². The van der Waals surface area contributed by atoms with Gasteiger partial charge in [-0.05, 0) is 18.2 Å². The first-order chi connectivity index (χ1) is 9.18. The molecule has 96 valence electrons. The average Bonchev–Trinajstić information content (AvgIpc) is 3.01. The number of furan rings is 1. The molecule has 0 saturated heterocycles. The minimum atomic E-state index is 0.610. The number of nitrogens with zero attached hydrogens (tertiary/aromatic N) is 2. The van der Waals surface area contributed by atoms with Crippen molar-refractivity contribution in [3.63, 3.8) is 0 Å². The minimum absolute atomic E-state index is 0.610. The van der Waals surface area contributed by atoms with Gasteiger partial charge in [-0.1, -0.05) is 34.1 Å². The van der Waals surface area contributed by atoms with Crippen LogP contribution in [-0.4, -0.2) is 9.78 Å². The van der Waals surface area contributed by atoms with E-state index in [0.29, 0.717) is 11.6 Å². The van der Waals surface area contributed by atoms with Crippen LogP contribution in [0.2, 0.25) is 0 Å². The van der Waals surface area contributed by atoms with Crippen LogP contribution in [0.25, 0.3) is 22.6 Å². The van der Waals surface area contributed by atoms with Crippen LogP contribution in [0, 0.1) is 0 Å². The number of anilines is 1. The number of rotatable bonds is 2. The fourth-order valence-electron chi connectivity index (χ4n) is 2.05. The molecule has 0 aliphatic carbocycles. The molecular weight excluding hydrogens is 306 g/mol. The molecule has 4 nitrogen and oxygen atoms in total. The number of halogens is 1. The third kappa shape index (κ3) is 1.96. The highest BCUT2D eigenvalue weighted by atomic mass is 79.9. The summed E-state index contributed by atoms with van der Waals surface area (Å²) in [7, 11) is 1.82. The molecule has 2 N–H and O–H groups in total. The zero-order valence-corrected chi connectivity index (χ0v) is 11.9. The normalized spacial score (nSPS) is 10.8. The summed E-state index contributed by atoms with van der Waals surface area (Å²) >= 11 is 3.55. The maximum Gasteiger partial charge on any atom is 0.154 e. The molecule has 0 fully saturated rings. The van der Waals surface area contributed by atoms with Gasteiger partial charge in [0.2, 0.25) is 0 Å². The first-order valence-corrected chi connectivity index (χ1v) is 6.59. The smallest absolute Gasteiger partial charge is 0.154 e. The molecule has 0 aliphatic heterocycles. The van der Waals surface area contributed by atoms with Gasteiger partial charge >= 0.3 is 0 Å². The number of nitrogen functional groups attached to an aromatic ring is 1. The van der Waals surface area contributed by atoms with E-state index in [1.807, 2.05) is 43.4 Å². The van der Waals surface area contributed by atoms with Crippen molar-refractivity contribution in [2.24, 2.45) is 7.05 Å². The Balaban J connectivity index is 2.29. The summed E-state index contributed by atoms with van der Waals surface area (Å²) in [5.74, 6) is 1.32. The van der Waals surface area contributed by atoms with Gasteiger partial charge in [-0.15, -0.1) is 0 Å². The van der Waals surface area contributed by atoms with Gasteiger partial charge in [0.15, 0.2) is 5.76 Å². The fourth-order valence-corrected chi connectivity index (χ4v) is 2.54. The standard InChI is InChI=1S/C14H12BrN3O/c1-18-14(16)12(9-5-2-3-6-10(9)15)13(17-18)11-7-4-8-19-11/h2-8H,16H2,1H3. The quantitative estimate of drug-likeness (QED) is 0.784. The van der Waals surface area contributed by atoms with Crippen LogP contribution in [0.1, 0.15) is 0 Å². The van der Waals surface area contributed by atoms with Gasteiger partial charge in [-0.25, -0.2) is 0 Å². The van der Waals surface area contributed by atoms with E-state index in [4.69, 9.17) is 10.2 Å². The van der Waals surface area contributed by atoms with E-state index < -0.39 is 0 Å². The van der Waals surface area contributed by atoms with Crippen LogP contribution in [0.5, 0.6) is 0 Å². The largest absolute Gasteiger partial charge is 0.463 e. The maximum absolute atomic E-state index is 6.15. The van der Waals surface area contributed by atoms with E-state index in [1.165, 1.54) is 0 Å². The summed E-state index contributed by atoms with van der Waals surface area (Å²) < 4.78 is 8.08. The SMILES string of the molecule is Cn1nc(-c2ccco2)c(-c2ccccc2Br)c1N. The molecule has 0 spiro atoms. The molecule has 3 rings (SSSR count). The van der Waals surface area contributed by atoms with Crippen molar-refractivity contribution < 1.29 is 4.42 Å². The Morgan fingerprint density at radius 3 is 2.68 bits per heavy atom. The number of hydrogen-bond acceptors (Lipinski definition) is 3. The topological polar surface area (TPSA) is 57.0 Å². The Morgan fingerprint density at radius 2 is 2.00 bits per heavy atom. The zero-order valence-electron chi connectivity index (χ0n) is 10.3.